The zero-order chi connectivity index (χ0) is 17.6. The van der Waals surface area contributed by atoms with Crippen LogP contribution in [0.3, 0.4) is 0 Å². The number of hydrogen-bond donors (Lipinski definition) is 1. The second kappa shape index (κ2) is 8.31. The highest BCUT2D eigenvalue weighted by molar-refractivity contribution is 8.01. The summed E-state index contributed by atoms with van der Waals surface area (Å²) >= 11 is 3.02. The number of ether oxygens (including phenoxy) is 1. The summed E-state index contributed by atoms with van der Waals surface area (Å²) in [5.74, 6) is 1.44. The van der Waals surface area contributed by atoms with Gasteiger partial charge in [0.05, 0.1) is 0 Å². The fourth-order valence-electron chi connectivity index (χ4n) is 2.26. The lowest BCUT2D eigenvalue weighted by molar-refractivity contribution is -0.122. The van der Waals surface area contributed by atoms with Crippen molar-refractivity contribution in [1.82, 2.24) is 10.2 Å². The van der Waals surface area contributed by atoms with E-state index in [-0.39, 0.29) is 5.91 Å². The minimum Gasteiger partial charge on any atom is -0.480 e. The van der Waals surface area contributed by atoms with Crippen molar-refractivity contribution in [3.05, 3.63) is 42.5 Å². The molecule has 5 nitrogen and oxygen atoms in total. The summed E-state index contributed by atoms with van der Waals surface area (Å²) < 4.78 is 6.73. The van der Waals surface area contributed by atoms with Crippen molar-refractivity contribution < 1.29 is 9.53 Å². The minimum atomic E-state index is -0.638. The van der Waals surface area contributed by atoms with Crippen molar-refractivity contribution in [2.24, 2.45) is 0 Å². The Morgan fingerprint density at radius 1 is 1.24 bits per heavy atom. The molecule has 0 unspecified atom stereocenters. The van der Waals surface area contributed by atoms with Gasteiger partial charge in [-0.25, -0.2) is 0 Å². The number of nitrogens with zero attached hydrogens (tertiary/aromatic N) is 2. The molecule has 1 atom stereocenters. The summed E-state index contributed by atoms with van der Waals surface area (Å²) in [4.78, 5) is 12.4. The molecule has 0 fully saturated rings. The molecule has 0 aliphatic heterocycles. The predicted molar refractivity (Wildman–Crippen MR) is 104 cm³/mol. The Bertz CT molecular complexity index is 861. The van der Waals surface area contributed by atoms with Gasteiger partial charge in [0.2, 0.25) is 5.13 Å². The molecule has 2 aromatic carbocycles. The zero-order valence-electron chi connectivity index (χ0n) is 14.1. The van der Waals surface area contributed by atoms with Crippen molar-refractivity contribution in [3.63, 3.8) is 0 Å². The number of anilines is 1. The van der Waals surface area contributed by atoms with E-state index < -0.39 is 6.10 Å². The van der Waals surface area contributed by atoms with Crippen molar-refractivity contribution >= 4 is 44.9 Å². The fourth-order valence-corrected chi connectivity index (χ4v) is 3.94. The highest BCUT2D eigenvalue weighted by Crippen LogP contribution is 2.27. The quantitative estimate of drug-likeness (QED) is 0.484. The number of nitrogens with one attached hydrogen (secondary N) is 1. The molecule has 0 aliphatic rings. The normalized spacial score (nSPS) is 12.1. The molecule has 25 heavy (non-hydrogen) atoms. The van der Waals surface area contributed by atoms with Crippen LogP contribution in [0.15, 0.2) is 46.8 Å². The Balaban J connectivity index is 1.65. The van der Waals surface area contributed by atoms with Crippen LogP contribution in [0, 0.1) is 0 Å². The number of benzene rings is 2. The molecular formula is C18H19N3O2S2. The van der Waals surface area contributed by atoms with Gasteiger partial charge in [0.25, 0.3) is 5.91 Å². The monoisotopic (exact) mass is 373 g/mol. The number of carbonyl (C=O) groups is 1. The molecule has 1 aromatic heterocycles. The van der Waals surface area contributed by atoms with Gasteiger partial charge in [-0.15, -0.1) is 10.2 Å². The largest absolute Gasteiger partial charge is 0.480 e. The number of rotatable bonds is 7. The van der Waals surface area contributed by atoms with Gasteiger partial charge in [-0.1, -0.05) is 66.4 Å². The summed E-state index contributed by atoms with van der Waals surface area (Å²) in [6.45, 7) is 3.84. The van der Waals surface area contributed by atoms with Gasteiger partial charge in [0, 0.05) is 11.1 Å². The highest BCUT2D eigenvalue weighted by atomic mass is 32.2. The van der Waals surface area contributed by atoms with Crippen LogP contribution in [0.2, 0.25) is 0 Å². The number of aromatic nitrogens is 2. The SMILES string of the molecule is CCCSc1nnc(NC(=O)[C@@H](C)Oc2cccc3ccccc23)s1. The van der Waals surface area contributed by atoms with Crippen LogP contribution in [-0.4, -0.2) is 28.0 Å². The van der Waals surface area contributed by atoms with Gasteiger partial charge in [0.15, 0.2) is 10.4 Å². The first-order chi connectivity index (χ1) is 12.2. The lowest BCUT2D eigenvalue weighted by atomic mass is 10.1. The van der Waals surface area contributed by atoms with E-state index >= 15 is 0 Å². The van der Waals surface area contributed by atoms with Gasteiger partial charge in [-0.3, -0.25) is 10.1 Å². The third kappa shape index (κ3) is 4.49. The maximum Gasteiger partial charge on any atom is 0.266 e. The number of carbonyl (C=O) groups excluding carboxylic acids is 1. The minimum absolute atomic E-state index is 0.240. The first-order valence-corrected chi connectivity index (χ1v) is 9.89. The van der Waals surface area contributed by atoms with Crippen LogP contribution in [-0.2, 0) is 4.79 Å². The van der Waals surface area contributed by atoms with Crippen LogP contribution in [0.4, 0.5) is 5.13 Å². The topological polar surface area (TPSA) is 64.1 Å². The van der Waals surface area contributed by atoms with Crippen LogP contribution < -0.4 is 10.1 Å². The molecular weight excluding hydrogens is 354 g/mol. The molecule has 0 saturated heterocycles. The van der Waals surface area contributed by atoms with E-state index in [0.29, 0.717) is 10.9 Å². The summed E-state index contributed by atoms with van der Waals surface area (Å²) in [5.41, 5.74) is 0. The second-order valence-corrected chi connectivity index (χ2v) is 7.77. The summed E-state index contributed by atoms with van der Waals surface area (Å²) in [6.07, 6.45) is 0.434. The Morgan fingerprint density at radius 3 is 2.88 bits per heavy atom. The van der Waals surface area contributed by atoms with Crippen molar-refractivity contribution in [2.45, 2.75) is 30.7 Å². The van der Waals surface area contributed by atoms with Gasteiger partial charge in [-0.2, -0.15) is 0 Å². The molecule has 130 valence electrons. The molecule has 3 rings (SSSR count). The molecule has 0 radical (unpaired) electrons. The van der Waals surface area contributed by atoms with Crippen molar-refractivity contribution in [1.29, 1.82) is 0 Å². The molecule has 7 heteroatoms. The Labute approximate surface area is 154 Å². The standard InChI is InChI=1S/C18H19N3O2S2/c1-3-11-24-18-21-20-17(25-18)19-16(22)12(2)23-15-10-6-8-13-7-4-5-9-14(13)15/h4-10,12H,3,11H2,1-2H3,(H,19,20,22)/t12-/m1/s1. The van der Waals surface area contributed by atoms with Crippen LogP contribution in [0.25, 0.3) is 10.8 Å². The van der Waals surface area contributed by atoms with Crippen LogP contribution in [0.1, 0.15) is 20.3 Å². The maximum atomic E-state index is 12.4. The molecule has 1 heterocycles. The maximum absolute atomic E-state index is 12.4. The second-order valence-electron chi connectivity index (χ2n) is 5.45. The molecule has 1 N–H and O–H groups in total. The molecule has 0 aliphatic carbocycles. The van der Waals surface area contributed by atoms with Crippen molar-refractivity contribution in [3.8, 4) is 5.75 Å². The van der Waals surface area contributed by atoms with Crippen LogP contribution in [0.5, 0.6) is 5.75 Å². The number of fused-ring (bicyclic) bond motifs is 1. The van der Waals surface area contributed by atoms with Crippen LogP contribution >= 0.6 is 23.1 Å². The molecule has 0 bridgehead atoms. The average Bonchev–Trinajstić information content (AvgIpc) is 3.07. The third-order valence-corrected chi connectivity index (χ3v) is 5.67. The van der Waals surface area contributed by atoms with E-state index in [0.717, 1.165) is 27.3 Å². The summed E-state index contributed by atoms with van der Waals surface area (Å²) in [6, 6.07) is 13.7. The molecule has 0 saturated carbocycles. The van der Waals surface area contributed by atoms with E-state index in [1.54, 1.807) is 18.7 Å². The molecule has 1 amide bonds. The third-order valence-electron chi connectivity index (χ3n) is 3.49. The molecule has 3 aromatic rings. The molecule has 0 spiro atoms. The Morgan fingerprint density at radius 2 is 2.04 bits per heavy atom. The smallest absolute Gasteiger partial charge is 0.266 e. The van der Waals surface area contributed by atoms with Gasteiger partial charge in [0.1, 0.15) is 5.75 Å². The zero-order valence-corrected chi connectivity index (χ0v) is 15.7. The van der Waals surface area contributed by atoms with E-state index in [2.05, 4.69) is 22.4 Å². The van der Waals surface area contributed by atoms with Gasteiger partial charge < -0.3 is 4.74 Å². The lowest BCUT2D eigenvalue weighted by Gasteiger charge is -2.15. The average molecular weight is 374 g/mol. The van der Waals surface area contributed by atoms with Gasteiger partial charge in [-0.05, 0) is 24.8 Å². The number of thioether (sulfide) groups is 1. The van der Waals surface area contributed by atoms with Gasteiger partial charge >= 0.3 is 0 Å². The Hall–Kier alpha value is -2.12. The first kappa shape index (κ1) is 17.7. The van der Waals surface area contributed by atoms with E-state index in [9.17, 15) is 4.79 Å². The number of amides is 1. The van der Waals surface area contributed by atoms with E-state index in [1.807, 2.05) is 42.5 Å². The van der Waals surface area contributed by atoms with E-state index in [1.165, 1.54) is 11.3 Å². The van der Waals surface area contributed by atoms with Crippen molar-refractivity contribution in [2.75, 3.05) is 11.1 Å². The number of hydrogen-bond acceptors (Lipinski definition) is 6. The first-order valence-electron chi connectivity index (χ1n) is 8.09. The fraction of sp³-hybridized carbons (Fsp3) is 0.278. The summed E-state index contributed by atoms with van der Waals surface area (Å²) in [5, 5.41) is 13.4. The highest BCUT2D eigenvalue weighted by Gasteiger charge is 2.18. The predicted octanol–water partition coefficient (Wildman–Crippen LogP) is 4.60. The lowest BCUT2D eigenvalue weighted by Crippen LogP contribution is -2.30. The Kier molecular flexibility index (Phi) is 5.88. The van der Waals surface area contributed by atoms with E-state index in [4.69, 9.17) is 4.74 Å². The summed E-state index contributed by atoms with van der Waals surface area (Å²) in [7, 11) is 0.